The number of nitrogens with two attached hydrogens (primary N) is 1. The van der Waals surface area contributed by atoms with E-state index >= 15 is 0 Å². The topological polar surface area (TPSA) is 77.5 Å². The monoisotopic (exact) mass is 221 g/mol. The number of ether oxygens (including phenoxy) is 1. The molecule has 0 aliphatic heterocycles. The number of nitrogen functional groups attached to an aromatic ring is 1. The van der Waals surface area contributed by atoms with E-state index in [4.69, 9.17) is 10.5 Å². The first-order valence-electron chi connectivity index (χ1n) is 5.07. The number of methoxy groups -OCH3 is 1. The molecule has 3 N–H and O–H groups in total. The number of pyridine rings is 1. The van der Waals surface area contributed by atoms with Crippen molar-refractivity contribution in [1.82, 2.24) is 14.6 Å². The molecule has 0 saturated carbocycles. The van der Waals surface area contributed by atoms with Gasteiger partial charge >= 0.3 is 0 Å². The molecule has 2 heterocycles. The zero-order valence-electron chi connectivity index (χ0n) is 9.56. The minimum Gasteiger partial charge on any atom is -0.493 e. The van der Waals surface area contributed by atoms with E-state index < -0.39 is 0 Å². The maximum atomic E-state index is 5.59. The van der Waals surface area contributed by atoms with Crippen LogP contribution < -0.4 is 15.8 Å². The molecule has 2 aromatic rings. The summed E-state index contributed by atoms with van der Waals surface area (Å²) in [5.74, 6) is 1.73. The fourth-order valence-electron chi connectivity index (χ4n) is 1.52. The smallest absolute Gasteiger partial charge is 0.240 e. The molecule has 0 bridgehead atoms. The van der Waals surface area contributed by atoms with Crippen molar-refractivity contribution in [3.05, 3.63) is 12.1 Å². The van der Waals surface area contributed by atoms with E-state index in [0.29, 0.717) is 17.4 Å². The number of rotatable bonds is 3. The van der Waals surface area contributed by atoms with Crippen molar-refractivity contribution in [3.63, 3.8) is 0 Å². The molecule has 0 radical (unpaired) electrons. The van der Waals surface area contributed by atoms with Crippen molar-refractivity contribution in [2.75, 3.05) is 18.2 Å². The Morgan fingerprint density at radius 3 is 2.81 bits per heavy atom. The van der Waals surface area contributed by atoms with E-state index in [9.17, 15) is 0 Å². The highest BCUT2D eigenvalue weighted by Crippen LogP contribution is 2.22. The number of hydrogen-bond donors (Lipinski definition) is 2. The highest BCUT2D eigenvalue weighted by atomic mass is 16.5. The average Bonchev–Trinajstić information content (AvgIpc) is 2.59. The number of anilines is 2. The van der Waals surface area contributed by atoms with Crippen LogP contribution in [0.5, 0.6) is 5.75 Å². The van der Waals surface area contributed by atoms with E-state index in [1.165, 1.54) is 0 Å². The quantitative estimate of drug-likeness (QED) is 0.812. The van der Waals surface area contributed by atoms with Crippen LogP contribution >= 0.6 is 0 Å². The number of aromatic nitrogens is 3. The van der Waals surface area contributed by atoms with Crippen molar-refractivity contribution in [2.24, 2.45) is 0 Å². The van der Waals surface area contributed by atoms with Crippen LogP contribution in [0.3, 0.4) is 0 Å². The van der Waals surface area contributed by atoms with E-state index in [1.807, 2.05) is 12.1 Å². The van der Waals surface area contributed by atoms with E-state index in [0.717, 1.165) is 5.82 Å². The molecule has 0 unspecified atom stereocenters. The standard InChI is InChI=1S/C10H15N5O/c1-6(2)12-8-5-4-7(16-3)9-13-10(11)14-15(8)9/h4-6,12H,1-3H3,(H2,11,14). The molecule has 2 rings (SSSR count). The van der Waals surface area contributed by atoms with Gasteiger partial charge in [0.05, 0.1) is 7.11 Å². The van der Waals surface area contributed by atoms with Crippen molar-refractivity contribution in [3.8, 4) is 5.75 Å². The van der Waals surface area contributed by atoms with Gasteiger partial charge in [0.15, 0.2) is 5.75 Å². The fraction of sp³-hybridized carbons (Fsp3) is 0.400. The van der Waals surface area contributed by atoms with Gasteiger partial charge in [0.1, 0.15) is 5.82 Å². The molecule has 0 aliphatic rings. The molecule has 0 aromatic carbocycles. The van der Waals surface area contributed by atoms with Crippen LogP contribution in [-0.2, 0) is 0 Å². The first kappa shape index (κ1) is 10.5. The van der Waals surface area contributed by atoms with Crippen LogP contribution in [0.2, 0.25) is 0 Å². The van der Waals surface area contributed by atoms with Gasteiger partial charge in [0.25, 0.3) is 0 Å². The largest absolute Gasteiger partial charge is 0.493 e. The molecule has 0 fully saturated rings. The van der Waals surface area contributed by atoms with Gasteiger partial charge in [-0.15, -0.1) is 5.10 Å². The first-order chi connectivity index (χ1) is 7.61. The molecule has 6 heteroatoms. The fourth-order valence-corrected chi connectivity index (χ4v) is 1.52. The number of fused-ring (bicyclic) bond motifs is 1. The van der Waals surface area contributed by atoms with Gasteiger partial charge < -0.3 is 15.8 Å². The Morgan fingerprint density at radius 1 is 1.44 bits per heavy atom. The lowest BCUT2D eigenvalue weighted by molar-refractivity contribution is 0.416. The van der Waals surface area contributed by atoms with Gasteiger partial charge in [0.2, 0.25) is 11.6 Å². The second kappa shape index (κ2) is 3.88. The Hall–Kier alpha value is -1.98. The maximum absolute atomic E-state index is 5.59. The molecule has 0 atom stereocenters. The predicted molar refractivity (Wildman–Crippen MR) is 62.7 cm³/mol. The lowest BCUT2D eigenvalue weighted by Gasteiger charge is -2.11. The van der Waals surface area contributed by atoms with E-state index in [-0.39, 0.29) is 5.95 Å². The van der Waals surface area contributed by atoms with E-state index in [2.05, 4.69) is 29.2 Å². The third kappa shape index (κ3) is 1.73. The summed E-state index contributed by atoms with van der Waals surface area (Å²) in [6, 6.07) is 4.04. The maximum Gasteiger partial charge on any atom is 0.240 e. The lowest BCUT2D eigenvalue weighted by Crippen LogP contribution is -2.13. The third-order valence-electron chi connectivity index (χ3n) is 2.12. The van der Waals surface area contributed by atoms with Gasteiger partial charge in [-0.25, -0.2) is 0 Å². The minimum atomic E-state index is 0.233. The highest BCUT2D eigenvalue weighted by Gasteiger charge is 2.11. The molecule has 2 aromatic heterocycles. The summed E-state index contributed by atoms with van der Waals surface area (Å²) in [5, 5.41) is 7.38. The van der Waals surface area contributed by atoms with Gasteiger partial charge in [-0.05, 0) is 26.0 Å². The zero-order valence-corrected chi connectivity index (χ0v) is 9.56. The van der Waals surface area contributed by atoms with Crippen molar-refractivity contribution in [1.29, 1.82) is 0 Å². The number of nitrogens with zero attached hydrogens (tertiary/aromatic N) is 3. The summed E-state index contributed by atoms with van der Waals surface area (Å²) >= 11 is 0. The second-order valence-electron chi connectivity index (χ2n) is 3.79. The van der Waals surface area contributed by atoms with Gasteiger partial charge in [-0.3, -0.25) is 0 Å². The lowest BCUT2D eigenvalue weighted by atomic mass is 10.3. The molecule has 16 heavy (non-hydrogen) atoms. The molecule has 0 aliphatic carbocycles. The van der Waals surface area contributed by atoms with Crippen LogP contribution in [0.15, 0.2) is 12.1 Å². The Labute approximate surface area is 93.4 Å². The number of nitrogens with one attached hydrogen (secondary N) is 1. The summed E-state index contributed by atoms with van der Waals surface area (Å²) < 4.78 is 6.84. The van der Waals surface area contributed by atoms with Crippen molar-refractivity contribution >= 4 is 17.4 Å². The molecule has 0 amide bonds. The predicted octanol–water partition coefficient (Wildman–Crippen LogP) is 1.14. The minimum absolute atomic E-state index is 0.233. The van der Waals surface area contributed by atoms with Crippen LogP contribution in [0.1, 0.15) is 13.8 Å². The van der Waals surface area contributed by atoms with Crippen molar-refractivity contribution in [2.45, 2.75) is 19.9 Å². The summed E-state index contributed by atoms with van der Waals surface area (Å²) in [7, 11) is 1.59. The third-order valence-corrected chi connectivity index (χ3v) is 2.12. The van der Waals surface area contributed by atoms with Crippen molar-refractivity contribution < 1.29 is 4.74 Å². The van der Waals surface area contributed by atoms with E-state index in [1.54, 1.807) is 11.6 Å². The molecule has 86 valence electrons. The Bertz CT molecular complexity index is 505. The zero-order chi connectivity index (χ0) is 11.7. The molecule has 0 spiro atoms. The first-order valence-corrected chi connectivity index (χ1v) is 5.07. The van der Waals surface area contributed by atoms with Crippen LogP contribution in [0.4, 0.5) is 11.8 Å². The van der Waals surface area contributed by atoms with Gasteiger partial charge in [0, 0.05) is 6.04 Å². The van der Waals surface area contributed by atoms with Crippen LogP contribution in [0.25, 0.3) is 5.65 Å². The Morgan fingerprint density at radius 2 is 2.19 bits per heavy atom. The average molecular weight is 221 g/mol. The summed E-state index contributed by atoms with van der Waals surface area (Å²) in [6.07, 6.45) is 0. The Balaban J connectivity index is 2.59. The second-order valence-corrected chi connectivity index (χ2v) is 3.79. The molecule has 6 nitrogen and oxygen atoms in total. The summed E-state index contributed by atoms with van der Waals surface area (Å²) in [5.41, 5.74) is 6.20. The molecule has 0 saturated heterocycles. The van der Waals surface area contributed by atoms with Crippen LogP contribution in [-0.4, -0.2) is 27.7 Å². The summed E-state index contributed by atoms with van der Waals surface area (Å²) in [4.78, 5) is 4.12. The molecular weight excluding hydrogens is 206 g/mol. The summed E-state index contributed by atoms with van der Waals surface area (Å²) in [6.45, 7) is 4.10. The highest BCUT2D eigenvalue weighted by molar-refractivity contribution is 5.61. The normalized spacial score (nSPS) is 11.0. The van der Waals surface area contributed by atoms with Crippen LogP contribution in [0, 0.1) is 0 Å². The van der Waals surface area contributed by atoms with Gasteiger partial charge in [-0.1, -0.05) is 0 Å². The van der Waals surface area contributed by atoms with Gasteiger partial charge in [-0.2, -0.15) is 9.50 Å². The number of hydrogen-bond acceptors (Lipinski definition) is 5. The SMILES string of the molecule is COc1ccc(NC(C)C)n2nc(N)nc12. The molecular formula is C10H15N5O. The Kier molecular flexibility index (Phi) is 2.55.